The lowest BCUT2D eigenvalue weighted by atomic mass is 10.1. The molecule has 1 saturated heterocycles. The van der Waals surface area contributed by atoms with Gasteiger partial charge in [0.05, 0.1) is 52.9 Å². The normalized spacial score (nSPS) is 18.9. The van der Waals surface area contributed by atoms with Gasteiger partial charge in [-0.25, -0.2) is 0 Å². The van der Waals surface area contributed by atoms with Crippen molar-refractivity contribution in [1.29, 1.82) is 0 Å². The van der Waals surface area contributed by atoms with Crippen molar-refractivity contribution < 1.29 is 28.4 Å². The van der Waals surface area contributed by atoms with Gasteiger partial charge in [0.25, 0.3) is 0 Å². The number of hydrogen-bond acceptors (Lipinski definition) is 6. The van der Waals surface area contributed by atoms with Gasteiger partial charge in [0, 0.05) is 10.9 Å². The minimum atomic E-state index is -0.448. The second kappa shape index (κ2) is 22.4. The molecule has 6 atom stereocenters. The average Bonchev–Trinajstić information content (AvgIpc) is 3.62. The second-order valence-electron chi connectivity index (χ2n) is 14.3. The van der Waals surface area contributed by atoms with Gasteiger partial charge in [0.15, 0.2) is 11.4 Å². The van der Waals surface area contributed by atoms with Crippen molar-refractivity contribution in [2.75, 3.05) is 19.0 Å². The highest BCUT2D eigenvalue weighted by Crippen LogP contribution is 2.36. The molecule has 57 heavy (non-hydrogen) atoms. The molecule has 6 nitrogen and oxygen atoms in total. The highest BCUT2D eigenvalue weighted by Gasteiger charge is 2.58. The smallest absolute Gasteiger partial charge is 0.247 e. The Morgan fingerprint density at radius 3 is 1.28 bits per heavy atom. The Labute approximate surface area is 341 Å². The fraction of sp³-hybridized carbons (Fsp3) is 0.280. The van der Waals surface area contributed by atoms with E-state index in [4.69, 9.17) is 28.4 Å². The minimum Gasteiger partial charge on any atom is -0.374 e. The molecule has 6 aromatic carbocycles. The molecule has 0 aromatic heterocycles. The van der Waals surface area contributed by atoms with E-state index >= 15 is 0 Å². The van der Waals surface area contributed by atoms with E-state index in [9.17, 15) is 0 Å². The van der Waals surface area contributed by atoms with Gasteiger partial charge in [-0.15, -0.1) is 0 Å². The molecule has 7 heteroatoms. The van der Waals surface area contributed by atoms with Gasteiger partial charge in [-0.2, -0.15) is 0 Å². The number of ether oxygens (including phenoxy) is 6. The predicted octanol–water partition coefficient (Wildman–Crippen LogP) is 9.72. The summed E-state index contributed by atoms with van der Waals surface area (Å²) in [5.41, 5.74) is 6.33. The van der Waals surface area contributed by atoms with Crippen molar-refractivity contribution in [3.05, 3.63) is 215 Å². The van der Waals surface area contributed by atoms with Gasteiger partial charge in [-0.3, -0.25) is 0 Å². The summed E-state index contributed by atoms with van der Waals surface area (Å²) in [6.45, 7) is 3.61. The summed E-state index contributed by atoms with van der Waals surface area (Å²) in [6.07, 6.45) is -0.846. The fourth-order valence-corrected chi connectivity index (χ4v) is 10.1. The Hall–Kier alpha value is -4.57. The molecule has 0 N–H and O–H groups in total. The Kier molecular flexibility index (Phi) is 16.0. The Morgan fingerprint density at radius 2 is 0.807 bits per heavy atom. The van der Waals surface area contributed by atoms with Crippen molar-refractivity contribution in [3.63, 3.8) is 0 Å². The molecule has 0 saturated carbocycles. The summed E-state index contributed by atoms with van der Waals surface area (Å²) < 4.78 is 41.0. The van der Waals surface area contributed by atoms with E-state index in [1.807, 2.05) is 60.7 Å². The number of rotatable bonds is 22. The van der Waals surface area contributed by atoms with Crippen LogP contribution in [0.15, 0.2) is 182 Å². The zero-order valence-electron chi connectivity index (χ0n) is 32.4. The molecular formula is C50H53O6S+. The van der Waals surface area contributed by atoms with Gasteiger partial charge in [-0.05, 0) is 33.4 Å². The first-order valence-electron chi connectivity index (χ1n) is 19.8. The SMILES string of the molecule is c1ccc(COC[C@H](OCc2ccccc2)[C@@H](OCc2ccccc2)[S+]2C[C@@H](OCc3ccccc3)[C@H](OCc3ccccc3)[C@H]2COCc2ccccc2)cc1. The van der Waals surface area contributed by atoms with Crippen molar-refractivity contribution >= 4 is 10.9 Å². The molecule has 1 aliphatic heterocycles. The number of hydrogen-bond donors (Lipinski definition) is 0. The summed E-state index contributed by atoms with van der Waals surface area (Å²) in [5, 5.41) is -0.0454. The molecule has 0 bridgehead atoms. The lowest BCUT2D eigenvalue weighted by Gasteiger charge is -2.29. The monoisotopic (exact) mass is 781 g/mol. The molecular weight excluding hydrogens is 729 g/mol. The van der Waals surface area contributed by atoms with Crippen molar-refractivity contribution in [3.8, 4) is 0 Å². The highest BCUT2D eigenvalue weighted by molar-refractivity contribution is 7.98. The van der Waals surface area contributed by atoms with E-state index < -0.39 is 10.9 Å². The first-order valence-corrected chi connectivity index (χ1v) is 21.3. The molecule has 1 aliphatic rings. The maximum absolute atomic E-state index is 7.12. The summed E-state index contributed by atoms with van der Waals surface area (Å²) in [7, 11) is -0.448. The second-order valence-corrected chi connectivity index (χ2v) is 16.6. The predicted molar refractivity (Wildman–Crippen MR) is 228 cm³/mol. The van der Waals surface area contributed by atoms with E-state index in [1.54, 1.807) is 0 Å². The van der Waals surface area contributed by atoms with E-state index in [1.165, 1.54) is 0 Å². The van der Waals surface area contributed by atoms with Crippen LogP contribution in [0.2, 0.25) is 0 Å². The average molecular weight is 782 g/mol. The van der Waals surface area contributed by atoms with Crippen LogP contribution in [0.25, 0.3) is 0 Å². The minimum absolute atomic E-state index is 0.0454. The summed E-state index contributed by atoms with van der Waals surface area (Å²) >= 11 is 0. The maximum atomic E-state index is 7.12. The largest absolute Gasteiger partial charge is 0.374 e. The first kappa shape index (κ1) is 40.6. The Bertz CT molecular complexity index is 1950. The molecule has 1 heterocycles. The molecule has 6 aromatic rings. The molecule has 1 unspecified atom stereocenters. The van der Waals surface area contributed by atoms with Gasteiger partial charge >= 0.3 is 0 Å². The van der Waals surface area contributed by atoms with Gasteiger partial charge in [0.2, 0.25) is 5.44 Å². The molecule has 0 amide bonds. The summed E-state index contributed by atoms with van der Waals surface area (Å²) in [4.78, 5) is 0. The zero-order chi connectivity index (χ0) is 38.7. The fourth-order valence-electron chi connectivity index (χ4n) is 7.03. The summed E-state index contributed by atoms with van der Waals surface area (Å²) in [5.74, 6) is 0.731. The van der Waals surface area contributed by atoms with Crippen molar-refractivity contribution in [2.45, 2.75) is 68.6 Å². The highest BCUT2D eigenvalue weighted by atomic mass is 32.2. The van der Waals surface area contributed by atoms with Crippen LogP contribution < -0.4 is 0 Å². The first-order chi connectivity index (χ1) is 28.3. The van der Waals surface area contributed by atoms with Gasteiger partial charge in [0.1, 0.15) is 18.0 Å². The van der Waals surface area contributed by atoms with Crippen LogP contribution >= 0.6 is 0 Å². The third kappa shape index (κ3) is 12.7. The van der Waals surface area contributed by atoms with Crippen LogP contribution in [0.3, 0.4) is 0 Å². The van der Waals surface area contributed by atoms with E-state index in [2.05, 4.69) is 121 Å². The lowest BCUT2D eigenvalue weighted by Crippen LogP contribution is -2.47. The third-order valence-electron chi connectivity index (χ3n) is 10.0. The van der Waals surface area contributed by atoms with Crippen LogP contribution in [0.4, 0.5) is 0 Å². The molecule has 294 valence electrons. The standard InChI is InChI=1S/C50H53O6S/c1-7-19-40(20-8-1)31-51-37-46(53-33-42-23-11-3-12-24-42)50(56-36-45-29-17-6-18-30-45)57-39-47(54-34-43-25-13-4-14-26-43)49(55-35-44-27-15-5-16-28-44)48(57)38-52-32-41-21-9-2-10-22-41/h1-30,46-50H,31-39H2/q+1/t46-,47+,48+,49-,50-,57?/m0/s1. The molecule has 0 radical (unpaired) electrons. The Morgan fingerprint density at radius 1 is 0.421 bits per heavy atom. The van der Waals surface area contributed by atoms with E-state index in [0.29, 0.717) is 52.9 Å². The van der Waals surface area contributed by atoms with Gasteiger partial charge in [-0.1, -0.05) is 182 Å². The zero-order valence-corrected chi connectivity index (χ0v) is 33.2. The van der Waals surface area contributed by atoms with Crippen LogP contribution in [0.5, 0.6) is 0 Å². The van der Waals surface area contributed by atoms with E-state index in [0.717, 1.165) is 39.1 Å². The summed E-state index contributed by atoms with van der Waals surface area (Å²) in [6, 6.07) is 62.0. The van der Waals surface area contributed by atoms with Crippen LogP contribution in [-0.4, -0.2) is 48.0 Å². The quantitative estimate of drug-likeness (QED) is 0.0640. The van der Waals surface area contributed by atoms with Crippen molar-refractivity contribution in [2.24, 2.45) is 0 Å². The Balaban J connectivity index is 1.22. The van der Waals surface area contributed by atoms with E-state index in [-0.39, 0.29) is 29.0 Å². The van der Waals surface area contributed by atoms with Gasteiger partial charge < -0.3 is 28.4 Å². The van der Waals surface area contributed by atoms with Crippen LogP contribution in [0, 0.1) is 0 Å². The molecule has 1 fully saturated rings. The van der Waals surface area contributed by atoms with Crippen LogP contribution in [0.1, 0.15) is 33.4 Å². The van der Waals surface area contributed by atoms with Crippen LogP contribution in [-0.2, 0) is 79.0 Å². The topological polar surface area (TPSA) is 55.4 Å². The van der Waals surface area contributed by atoms with Crippen molar-refractivity contribution in [1.82, 2.24) is 0 Å². The molecule has 7 rings (SSSR count). The molecule has 0 aliphatic carbocycles. The maximum Gasteiger partial charge on any atom is 0.247 e. The lowest BCUT2D eigenvalue weighted by molar-refractivity contribution is -0.0876. The number of benzene rings is 6. The molecule has 0 spiro atoms. The third-order valence-corrected chi connectivity index (χ3v) is 13.0.